The van der Waals surface area contributed by atoms with Gasteiger partial charge in [-0.3, -0.25) is 4.79 Å². The smallest absolute Gasteiger partial charge is 0.275 e. The standard InChI is InChI=1S/C22H24N2O4/c1-13(2)14-6-7-20(28-5)15(8-14)11-19-22(25)24-21(23-19)16-9-17(26-3)12-18(10-16)27-4/h6-13H,1-5H3,(H,23,24,25)/b19-11-. The summed E-state index contributed by atoms with van der Waals surface area (Å²) in [5, 5.41) is 2.81. The quantitative estimate of drug-likeness (QED) is 0.775. The minimum atomic E-state index is -0.270. The summed E-state index contributed by atoms with van der Waals surface area (Å²) in [6, 6.07) is 11.3. The van der Waals surface area contributed by atoms with Gasteiger partial charge in [0.2, 0.25) is 0 Å². The zero-order valence-corrected chi connectivity index (χ0v) is 16.7. The van der Waals surface area contributed by atoms with E-state index < -0.39 is 0 Å². The van der Waals surface area contributed by atoms with E-state index in [0.717, 1.165) is 11.1 Å². The van der Waals surface area contributed by atoms with E-state index in [4.69, 9.17) is 14.2 Å². The fourth-order valence-electron chi connectivity index (χ4n) is 2.92. The van der Waals surface area contributed by atoms with E-state index in [9.17, 15) is 4.79 Å². The van der Waals surface area contributed by atoms with Gasteiger partial charge in [-0.05, 0) is 41.8 Å². The molecule has 1 aliphatic rings. The summed E-state index contributed by atoms with van der Waals surface area (Å²) in [5.41, 5.74) is 2.99. The van der Waals surface area contributed by atoms with Crippen LogP contribution >= 0.6 is 0 Å². The first-order valence-corrected chi connectivity index (χ1v) is 8.98. The van der Waals surface area contributed by atoms with Crippen molar-refractivity contribution in [2.45, 2.75) is 19.8 Å². The van der Waals surface area contributed by atoms with Gasteiger partial charge in [-0.15, -0.1) is 0 Å². The number of aliphatic imine (C=N–C) groups is 1. The first kappa shape index (κ1) is 19.5. The van der Waals surface area contributed by atoms with Crippen molar-refractivity contribution in [3.8, 4) is 17.2 Å². The van der Waals surface area contributed by atoms with Gasteiger partial charge >= 0.3 is 0 Å². The Morgan fingerprint density at radius 3 is 2.21 bits per heavy atom. The Morgan fingerprint density at radius 2 is 1.64 bits per heavy atom. The van der Waals surface area contributed by atoms with E-state index in [1.807, 2.05) is 18.2 Å². The van der Waals surface area contributed by atoms with Crippen LogP contribution in [0.15, 0.2) is 47.1 Å². The van der Waals surface area contributed by atoms with E-state index in [-0.39, 0.29) is 5.91 Å². The topological polar surface area (TPSA) is 69.1 Å². The molecule has 1 amide bonds. The molecule has 0 aromatic heterocycles. The van der Waals surface area contributed by atoms with Gasteiger partial charge in [0.1, 0.15) is 28.8 Å². The van der Waals surface area contributed by atoms with Gasteiger partial charge in [0.25, 0.3) is 5.91 Å². The molecule has 3 rings (SSSR count). The Balaban J connectivity index is 2.02. The SMILES string of the molecule is COc1cc(OC)cc(C2=N/C(=C\c3cc(C(C)C)ccc3OC)C(=O)N2)c1. The van der Waals surface area contributed by atoms with Crippen LogP contribution < -0.4 is 19.5 Å². The number of carbonyl (C=O) groups is 1. The van der Waals surface area contributed by atoms with Crippen LogP contribution in [0.25, 0.3) is 6.08 Å². The molecule has 0 bridgehead atoms. The maximum absolute atomic E-state index is 12.5. The first-order chi connectivity index (χ1) is 13.4. The van der Waals surface area contributed by atoms with Crippen molar-refractivity contribution in [2.75, 3.05) is 21.3 Å². The number of hydrogen-bond acceptors (Lipinski definition) is 5. The highest BCUT2D eigenvalue weighted by Gasteiger charge is 2.23. The van der Waals surface area contributed by atoms with Crippen LogP contribution in [-0.4, -0.2) is 33.1 Å². The number of methoxy groups -OCH3 is 3. The Labute approximate surface area is 164 Å². The van der Waals surface area contributed by atoms with Crippen molar-refractivity contribution in [3.05, 3.63) is 58.8 Å². The second-order valence-corrected chi connectivity index (χ2v) is 6.70. The molecule has 0 saturated carbocycles. The minimum Gasteiger partial charge on any atom is -0.497 e. The van der Waals surface area contributed by atoms with Crippen molar-refractivity contribution >= 4 is 17.8 Å². The third kappa shape index (κ3) is 4.01. The van der Waals surface area contributed by atoms with Crippen LogP contribution in [0.4, 0.5) is 0 Å². The lowest BCUT2D eigenvalue weighted by molar-refractivity contribution is -0.115. The predicted octanol–water partition coefficient (Wildman–Crippen LogP) is 3.75. The van der Waals surface area contributed by atoms with E-state index in [2.05, 4.69) is 24.2 Å². The zero-order valence-electron chi connectivity index (χ0n) is 16.7. The highest BCUT2D eigenvalue weighted by Crippen LogP contribution is 2.28. The molecule has 0 radical (unpaired) electrons. The largest absolute Gasteiger partial charge is 0.497 e. The summed E-state index contributed by atoms with van der Waals surface area (Å²) in [7, 11) is 4.76. The van der Waals surface area contributed by atoms with Gasteiger partial charge in [0, 0.05) is 17.2 Å². The zero-order chi connectivity index (χ0) is 20.3. The van der Waals surface area contributed by atoms with Crippen molar-refractivity contribution in [3.63, 3.8) is 0 Å². The molecule has 0 saturated heterocycles. The minimum absolute atomic E-state index is 0.270. The van der Waals surface area contributed by atoms with Crippen molar-refractivity contribution in [1.29, 1.82) is 0 Å². The molecule has 0 spiro atoms. The van der Waals surface area contributed by atoms with E-state index in [1.54, 1.807) is 45.6 Å². The Kier molecular flexibility index (Phi) is 5.68. The van der Waals surface area contributed by atoms with Gasteiger partial charge in [0.15, 0.2) is 0 Å². The molecule has 28 heavy (non-hydrogen) atoms. The van der Waals surface area contributed by atoms with Crippen molar-refractivity contribution in [2.24, 2.45) is 4.99 Å². The van der Waals surface area contributed by atoms with Crippen LogP contribution in [0.5, 0.6) is 17.2 Å². The summed E-state index contributed by atoms with van der Waals surface area (Å²) >= 11 is 0. The number of ether oxygens (including phenoxy) is 3. The lowest BCUT2D eigenvalue weighted by atomic mass is 10.00. The van der Waals surface area contributed by atoms with E-state index in [0.29, 0.717) is 40.3 Å². The van der Waals surface area contributed by atoms with Gasteiger partial charge in [0.05, 0.1) is 21.3 Å². The molecule has 6 heteroatoms. The summed E-state index contributed by atoms with van der Waals surface area (Å²) in [6.07, 6.45) is 1.74. The molecule has 1 heterocycles. The Morgan fingerprint density at radius 1 is 0.964 bits per heavy atom. The molecule has 0 atom stereocenters. The number of nitrogens with one attached hydrogen (secondary N) is 1. The molecule has 0 aliphatic carbocycles. The third-order valence-electron chi connectivity index (χ3n) is 4.53. The van der Waals surface area contributed by atoms with Gasteiger partial charge in [-0.25, -0.2) is 4.99 Å². The van der Waals surface area contributed by atoms with Crippen LogP contribution in [-0.2, 0) is 4.79 Å². The number of benzene rings is 2. The average molecular weight is 380 g/mol. The highest BCUT2D eigenvalue weighted by molar-refractivity contribution is 6.20. The second-order valence-electron chi connectivity index (χ2n) is 6.70. The van der Waals surface area contributed by atoms with Crippen LogP contribution in [0.3, 0.4) is 0 Å². The van der Waals surface area contributed by atoms with Gasteiger partial charge < -0.3 is 19.5 Å². The van der Waals surface area contributed by atoms with Crippen LogP contribution in [0.2, 0.25) is 0 Å². The summed E-state index contributed by atoms with van der Waals surface area (Å²) in [6.45, 7) is 4.24. The first-order valence-electron chi connectivity index (χ1n) is 8.98. The lowest BCUT2D eigenvalue weighted by Crippen LogP contribution is -2.24. The van der Waals surface area contributed by atoms with E-state index >= 15 is 0 Å². The number of amidine groups is 1. The fraction of sp³-hybridized carbons (Fsp3) is 0.273. The van der Waals surface area contributed by atoms with Crippen LogP contribution in [0.1, 0.15) is 36.5 Å². The third-order valence-corrected chi connectivity index (χ3v) is 4.53. The molecule has 0 unspecified atom stereocenters. The monoisotopic (exact) mass is 380 g/mol. The molecule has 2 aromatic rings. The lowest BCUT2D eigenvalue weighted by Gasteiger charge is -2.10. The second kappa shape index (κ2) is 8.17. The molecular formula is C22H24N2O4. The molecule has 1 N–H and O–H groups in total. The molecule has 2 aromatic carbocycles. The number of nitrogens with zero attached hydrogens (tertiary/aromatic N) is 1. The summed E-state index contributed by atoms with van der Waals surface area (Å²) < 4.78 is 16.0. The predicted molar refractivity (Wildman–Crippen MR) is 109 cm³/mol. The normalized spacial score (nSPS) is 14.9. The van der Waals surface area contributed by atoms with Crippen molar-refractivity contribution < 1.29 is 19.0 Å². The van der Waals surface area contributed by atoms with Gasteiger partial charge in [-0.2, -0.15) is 0 Å². The highest BCUT2D eigenvalue weighted by atomic mass is 16.5. The number of rotatable bonds is 6. The Hall–Kier alpha value is -3.28. The fourth-order valence-corrected chi connectivity index (χ4v) is 2.92. The molecule has 6 nitrogen and oxygen atoms in total. The van der Waals surface area contributed by atoms with E-state index in [1.165, 1.54) is 0 Å². The Bertz CT molecular complexity index is 939. The number of amides is 1. The van der Waals surface area contributed by atoms with Crippen molar-refractivity contribution in [1.82, 2.24) is 5.32 Å². The maximum Gasteiger partial charge on any atom is 0.275 e. The maximum atomic E-state index is 12.5. The summed E-state index contributed by atoms with van der Waals surface area (Å²) in [5.74, 6) is 2.48. The molecule has 146 valence electrons. The summed E-state index contributed by atoms with van der Waals surface area (Å²) in [4.78, 5) is 17.0. The molecular weight excluding hydrogens is 356 g/mol. The number of carbonyl (C=O) groups excluding carboxylic acids is 1. The van der Waals surface area contributed by atoms with Gasteiger partial charge in [-0.1, -0.05) is 19.9 Å². The molecule has 0 fully saturated rings. The molecule has 1 aliphatic heterocycles. The average Bonchev–Trinajstić information content (AvgIpc) is 3.07. The van der Waals surface area contributed by atoms with Crippen LogP contribution in [0, 0.1) is 0 Å². The number of hydrogen-bond donors (Lipinski definition) is 1.